The third-order valence-electron chi connectivity index (χ3n) is 4.91. The van der Waals surface area contributed by atoms with Gasteiger partial charge in [-0.25, -0.2) is 4.79 Å². The van der Waals surface area contributed by atoms with E-state index in [1.54, 1.807) is 6.07 Å². The molecule has 0 atom stereocenters. The molecule has 32 heavy (non-hydrogen) atoms. The number of rotatable bonds is 10. The Morgan fingerprint density at radius 1 is 0.875 bits per heavy atom. The molecule has 0 aliphatic carbocycles. The second-order valence-corrected chi connectivity index (χ2v) is 7.99. The van der Waals surface area contributed by atoms with E-state index in [0.717, 1.165) is 23.1 Å². The summed E-state index contributed by atoms with van der Waals surface area (Å²) in [4.78, 5) is 24.3. The third-order valence-corrected chi connectivity index (χ3v) is 4.91. The number of esters is 1. The number of hydrogen-bond donors (Lipinski definition) is 1. The summed E-state index contributed by atoms with van der Waals surface area (Å²) < 4.78 is 11.0. The molecule has 5 heteroatoms. The number of carbonyl (C=O) groups excluding carboxylic acids is 2. The molecule has 0 radical (unpaired) electrons. The molecule has 5 nitrogen and oxygen atoms in total. The molecule has 0 bridgehead atoms. The maximum absolute atomic E-state index is 12.4. The van der Waals surface area contributed by atoms with Gasteiger partial charge in [-0.2, -0.15) is 0 Å². The Balaban J connectivity index is 1.54. The van der Waals surface area contributed by atoms with Crippen LogP contribution in [0.2, 0.25) is 0 Å². The van der Waals surface area contributed by atoms with Gasteiger partial charge < -0.3 is 14.8 Å². The topological polar surface area (TPSA) is 64.6 Å². The average molecular weight is 432 g/mol. The standard InChI is InChI=1S/C27H29NO4/c1-20(2)15-16-28-26(29)19-31-25-13-11-22(12-14-25)23-9-6-10-24(17-23)27(30)32-18-21-7-4-3-5-8-21/h3-14,17,20H,15-16,18-19H2,1-2H3,(H,28,29). The first-order chi connectivity index (χ1) is 15.5. The molecule has 0 unspecified atom stereocenters. The van der Waals surface area contributed by atoms with Crippen LogP contribution in [0.15, 0.2) is 78.9 Å². The van der Waals surface area contributed by atoms with Crippen LogP contribution in [0, 0.1) is 5.92 Å². The molecule has 0 spiro atoms. The molecule has 1 amide bonds. The summed E-state index contributed by atoms with van der Waals surface area (Å²) in [6, 6.07) is 24.4. The van der Waals surface area contributed by atoms with E-state index < -0.39 is 0 Å². The lowest BCUT2D eigenvalue weighted by Crippen LogP contribution is -2.30. The second kappa shape index (κ2) is 11.7. The van der Waals surface area contributed by atoms with Gasteiger partial charge in [0, 0.05) is 6.54 Å². The molecule has 0 saturated carbocycles. The van der Waals surface area contributed by atoms with Gasteiger partial charge in [0.1, 0.15) is 12.4 Å². The highest BCUT2D eigenvalue weighted by Crippen LogP contribution is 2.24. The summed E-state index contributed by atoms with van der Waals surface area (Å²) in [5.74, 6) is 0.676. The average Bonchev–Trinajstić information content (AvgIpc) is 2.82. The minimum absolute atomic E-state index is 0.0137. The molecule has 0 heterocycles. The van der Waals surface area contributed by atoms with Crippen molar-refractivity contribution >= 4 is 11.9 Å². The van der Waals surface area contributed by atoms with E-state index in [0.29, 0.717) is 23.8 Å². The number of benzene rings is 3. The zero-order chi connectivity index (χ0) is 22.8. The van der Waals surface area contributed by atoms with Crippen molar-refractivity contribution in [3.05, 3.63) is 90.0 Å². The van der Waals surface area contributed by atoms with Crippen LogP contribution in [-0.2, 0) is 16.1 Å². The van der Waals surface area contributed by atoms with Crippen LogP contribution in [0.3, 0.4) is 0 Å². The second-order valence-electron chi connectivity index (χ2n) is 7.99. The van der Waals surface area contributed by atoms with E-state index in [1.165, 1.54) is 0 Å². The predicted octanol–water partition coefficient (Wildman–Crippen LogP) is 5.25. The lowest BCUT2D eigenvalue weighted by Gasteiger charge is -2.10. The quantitative estimate of drug-likeness (QED) is 0.445. The summed E-state index contributed by atoms with van der Waals surface area (Å²) in [5.41, 5.74) is 3.28. The Bertz CT molecular complexity index is 1010. The Morgan fingerprint density at radius 3 is 2.34 bits per heavy atom. The van der Waals surface area contributed by atoms with Crippen molar-refractivity contribution in [3.8, 4) is 16.9 Å². The van der Waals surface area contributed by atoms with Gasteiger partial charge in [-0.15, -0.1) is 0 Å². The molecular weight excluding hydrogens is 402 g/mol. The zero-order valence-electron chi connectivity index (χ0n) is 18.5. The van der Waals surface area contributed by atoms with Gasteiger partial charge in [-0.3, -0.25) is 4.79 Å². The lowest BCUT2D eigenvalue weighted by molar-refractivity contribution is -0.123. The fourth-order valence-corrected chi connectivity index (χ4v) is 3.08. The first-order valence-corrected chi connectivity index (χ1v) is 10.8. The number of amides is 1. The summed E-state index contributed by atoms with van der Waals surface area (Å²) in [5, 5.41) is 2.85. The van der Waals surface area contributed by atoms with Crippen LogP contribution >= 0.6 is 0 Å². The van der Waals surface area contributed by atoms with E-state index in [1.807, 2.05) is 72.8 Å². The number of ether oxygens (including phenoxy) is 2. The van der Waals surface area contributed by atoms with Gasteiger partial charge >= 0.3 is 5.97 Å². The van der Waals surface area contributed by atoms with Crippen molar-refractivity contribution in [1.29, 1.82) is 0 Å². The monoisotopic (exact) mass is 431 g/mol. The van der Waals surface area contributed by atoms with Crippen molar-refractivity contribution in [2.45, 2.75) is 26.9 Å². The largest absolute Gasteiger partial charge is 0.484 e. The molecule has 0 fully saturated rings. The van der Waals surface area contributed by atoms with Crippen LogP contribution < -0.4 is 10.1 Å². The Labute approximate surface area is 189 Å². The van der Waals surface area contributed by atoms with Crippen molar-refractivity contribution in [2.24, 2.45) is 5.92 Å². The maximum atomic E-state index is 12.4. The van der Waals surface area contributed by atoms with Gasteiger partial charge in [-0.05, 0) is 53.3 Å². The van der Waals surface area contributed by atoms with Crippen LogP contribution in [0.1, 0.15) is 36.2 Å². The minimum Gasteiger partial charge on any atom is -0.484 e. The van der Waals surface area contributed by atoms with E-state index >= 15 is 0 Å². The highest BCUT2D eigenvalue weighted by Gasteiger charge is 2.10. The normalized spacial score (nSPS) is 10.6. The van der Waals surface area contributed by atoms with Gasteiger partial charge in [0.05, 0.1) is 5.56 Å². The summed E-state index contributed by atoms with van der Waals surface area (Å²) in [6.45, 7) is 5.12. The molecule has 3 aromatic rings. The fourth-order valence-electron chi connectivity index (χ4n) is 3.08. The molecule has 0 aliphatic heterocycles. The summed E-state index contributed by atoms with van der Waals surface area (Å²) in [6.07, 6.45) is 0.944. The van der Waals surface area contributed by atoms with Gasteiger partial charge in [-0.1, -0.05) is 68.4 Å². The van der Waals surface area contributed by atoms with Crippen molar-refractivity contribution < 1.29 is 19.1 Å². The lowest BCUT2D eigenvalue weighted by atomic mass is 10.0. The first kappa shape index (κ1) is 23.1. The first-order valence-electron chi connectivity index (χ1n) is 10.8. The van der Waals surface area contributed by atoms with Crippen LogP contribution in [0.5, 0.6) is 5.75 Å². The van der Waals surface area contributed by atoms with Crippen LogP contribution in [0.25, 0.3) is 11.1 Å². The molecule has 0 saturated heterocycles. The number of carbonyl (C=O) groups is 2. The van der Waals surface area contributed by atoms with Gasteiger partial charge in [0.15, 0.2) is 6.61 Å². The van der Waals surface area contributed by atoms with E-state index in [9.17, 15) is 9.59 Å². The Kier molecular flexibility index (Phi) is 8.44. The van der Waals surface area contributed by atoms with Crippen molar-refractivity contribution in [2.75, 3.05) is 13.2 Å². The van der Waals surface area contributed by atoms with Crippen LogP contribution in [-0.4, -0.2) is 25.0 Å². The summed E-state index contributed by atoms with van der Waals surface area (Å²) in [7, 11) is 0. The minimum atomic E-state index is -0.362. The molecular formula is C27H29NO4. The predicted molar refractivity (Wildman–Crippen MR) is 125 cm³/mol. The van der Waals surface area contributed by atoms with Gasteiger partial charge in [0.25, 0.3) is 5.91 Å². The van der Waals surface area contributed by atoms with E-state index in [2.05, 4.69) is 19.2 Å². The molecule has 0 aliphatic rings. The maximum Gasteiger partial charge on any atom is 0.338 e. The van der Waals surface area contributed by atoms with E-state index in [-0.39, 0.29) is 25.1 Å². The Morgan fingerprint density at radius 2 is 1.62 bits per heavy atom. The van der Waals surface area contributed by atoms with Crippen molar-refractivity contribution in [3.63, 3.8) is 0 Å². The molecule has 3 aromatic carbocycles. The molecule has 3 rings (SSSR count). The summed E-state index contributed by atoms with van der Waals surface area (Å²) >= 11 is 0. The van der Waals surface area contributed by atoms with Crippen molar-refractivity contribution in [1.82, 2.24) is 5.32 Å². The number of nitrogens with one attached hydrogen (secondary N) is 1. The van der Waals surface area contributed by atoms with Crippen LogP contribution in [0.4, 0.5) is 0 Å². The third kappa shape index (κ3) is 7.27. The zero-order valence-corrected chi connectivity index (χ0v) is 18.5. The number of hydrogen-bond acceptors (Lipinski definition) is 4. The molecule has 1 N–H and O–H groups in total. The van der Waals surface area contributed by atoms with Gasteiger partial charge in [0.2, 0.25) is 0 Å². The van der Waals surface area contributed by atoms with E-state index in [4.69, 9.17) is 9.47 Å². The fraction of sp³-hybridized carbons (Fsp3) is 0.259. The Hall–Kier alpha value is -3.60. The highest BCUT2D eigenvalue weighted by atomic mass is 16.5. The SMILES string of the molecule is CC(C)CCNC(=O)COc1ccc(-c2cccc(C(=O)OCc3ccccc3)c2)cc1. The smallest absolute Gasteiger partial charge is 0.338 e. The molecule has 166 valence electrons. The molecule has 0 aromatic heterocycles. The highest BCUT2D eigenvalue weighted by molar-refractivity contribution is 5.91.